The SMILES string of the molecule is Cc1cc(C)cc(NC(=O)c2ccc(N3CCC4(CC3)OCCO4)nn2)c1. The Morgan fingerprint density at radius 1 is 1.04 bits per heavy atom. The van der Waals surface area contributed by atoms with Gasteiger partial charge in [-0.3, -0.25) is 4.79 Å². The minimum atomic E-state index is -0.407. The summed E-state index contributed by atoms with van der Waals surface area (Å²) in [6, 6.07) is 9.49. The van der Waals surface area contributed by atoms with Gasteiger partial charge in [-0.05, 0) is 49.2 Å². The minimum absolute atomic E-state index is 0.260. The number of piperidine rings is 1. The topological polar surface area (TPSA) is 76.6 Å². The van der Waals surface area contributed by atoms with Gasteiger partial charge in [-0.25, -0.2) is 0 Å². The number of rotatable bonds is 3. The van der Waals surface area contributed by atoms with Gasteiger partial charge in [0.2, 0.25) is 0 Å². The van der Waals surface area contributed by atoms with Crippen molar-refractivity contribution in [2.24, 2.45) is 0 Å². The highest BCUT2D eigenvalue weighted by Crippen LogP contribution is 2.32. The van der Waals surface area contributed by atoms with Gasteiger partial charge in [0.15, 0.2) is 17.3 Å². The van der Waals surface area contributed by atoms with Crippen LogP contribution in [-0.2, 0) is 9.47 Å². The van der Waals surface area contributed by atoms with Crippen molar-refractivity contribution in [1.82, 2.24) is 10.2 Å². The van der Waals surface area contributed by atoms with E-state index in [9.17, 15) is 4.79 Å². The first kappa shape index (κ1) is 17.9. The van der Waals surface area contributed by atoms with Crippen LogP contribution < -0.4 is 10.2 Å². The van der Waals surface area contributed by atoms with Crippen LogP contribution >= 0.6 is 0 Å². The molecule has 2 fully saturated rings. The molecule has 2 aliphatic rings. The highest BCUT2D eigenvalue weighted by Gasteiger charge is 2.40. The second-order valence-electron chi connectivity index (χ2n) is 7.20. The van der Waals surface area contributed by atoms with E-state index in [4.69, 9.17) is 9.47 Å². The molecule has 7 nitrogen and oxygen atoms in total. The average molecular weight is 368 g/mol. The Labute approximate surface area is 158 Å². The molecule has 1 aromatic carbocycles. The summed E-state index contributed by atoms with van der Waals surface area (Å²) in [5, 5.41) is 11.2. The lowest BCUT2D eigenvalue weighted by atomic mass is 10.0. The predicted molar refractivity (Wildman–Crippen MR) is 102 cm³/mol. The molecule has 0 bridgehead atoms. The van der Waals surface area contributed by atoms with Crippen LogP contribution in [0.4, 0.5) is 11.5 Å². The second-order valence-corrected chi connectivity index (χ2v) is 7.20. The van der Waals surface area contributed by atoms with Crippen molar-refractivity contribution < 1.29 is 14.3 Å². The Morgan fingerprint density at radius 2 is 1.70 bits per heavy atom. The largest absolute Gasteiger partial charge is 0.355 e. The fourth-order valence-corrected chi connectivity index (χ4v) is 3.72. The van der Waals surface area contributed by atoms with E-state index in [0.717, 1.165) is 48.6 Å². The van der Waals surface area contributed by atoms with Crippen molar-refractivity contribution in [3.63, 3.8) is 0 Å². The van der Waals surface area contributed by atoms with E-state index >= 15 is 0 Å². The summed E-state index contributed by atoms with van der Waals surface area (Å²) in [6.07, 6.45) is 1.62. The monoisotopic (exact) mass is 368 g/mol. The molecule has 2 aromatic rings. The third-order valence-corrected chi connectivity index (χ3v) is 5.03. The molecular formula is C20H24N4O3. The number of hydrogen-bond donors (Lipinski definition) is 1. The number of benzene rings is 1. The Balaban J connectivity index is 1.39. The first-order valence-corrected chi connectivity index (χ1v) is 9.29. The van der Waals surface area contributed by atoms with Crippen LogP contribution in [0, 0.1) is 13.8 Å². The molecule has 4 rings (SSSR count). The fraction of sp³-hybridized carbons (Fsp3) is 0.450. The van der Waals surface area contributed by atoms with Crippen LogP contribution in [-0.4, -0.2) is 48.2 Å². The van der Waals surface area contributed by atoms with Crippen LogP contribution in [0.3, 0.4) is 0 Å². The number of aromatic nitrogens is 2. The summed E-state index contributed by atoms with van der Waals surface area (Å²) < 4.78 is 11.5. The Kier molecular flexibility index (Phi) is 4.80. The molecule has 1 aromatic heterocycles. The van der Waals surface area contributed by atoms with E-state index in [-0.39, 0.29) is 5.91 Å². The Hall–Kier alpha value is -2.51. The zero-order valence-corrected chi connectivity index (χ0v) is 15.7. The predicted octanol–water partition coefficient (Wildman–Crippen LogP) is 2.69. The molecule has 7 heteroatoms. The van der Waals surface area contributed by atoms with E-state index < -0.39 is 5.79 Å². The van der Waals surface area contributed by atoms with Crippen LogP contribution in [0.5, 0.6) is 0 Å². The quantitative estimate of drug-likeness (QED) is 0.898. The molecular weight excluding hydrogens is 344 g/mol. The third-order valence-electron chi connectivity index (χ3n) is 5.03. The molecule has 1 amide bonds. The maximum atomic E-state index is 12.4. The summed E-state index contributed by atoms with van der Waals surface area (Å²) in [7, 11) is 0. The van der Waals surface area contributed by atoms with Crippen LogP contribution in [0.2, 0.25) is 0 Å². The van der Waals surface area contributed by atoms with Crippen molar-refractivity contribution in [1.29, 1.82) is 0 Å². The average Bonchev–Trinajstić information content (AvgIpc) is 3.10. The van der Waals surface area contributed by atoms with Crippen molar-refractivity contribution >= 4 is 17.4 Å². The zero-order chi connectivity index (χ0) is 18.9. The molecule has 27 heavy (non-hydrogen) atoms. The number of carbonyl (C=O) groups is 1. The van der Waals surface area contributed by atoms with Crippen molar-refractivity contribution in [2.75, 3.05) is 36.5 Å². The van der Waals surface area contributed by atoms with E-state index in [0.29, 0.717) is 18.9 Å². The molecule has 2 saturated heterocycles. The van der Waals surface area contributed by atoms with Gasteiger partial charge < -0.3 is 19.7 Å². The van der Waals surface area contributed by atoms with Gasteiger partial charge in [-0.15, -0.1) is 10.2 Å². The lowest BCUT2D eigenvalue weighted by Crippen LogP contribution is -2.45. The van der Waals surface area contributed by atoms with Gasteiger partial charge in [-0.2, -0.15) is 0 Å². The van der Waals surface area contributed by atoms with Gasteiger partial charge >= 0.3 is 0 Å². The summed E-state index contributed by atoms with van der Waals surface area (Å²) in [5.74, 6) is 0.102. The first-order valence-electron chi connectivity index (χ1n) is 9.29. The maximum Gasteiger partial charge on any atom is 0.276 e. The van der Waals surface area contributed by atoms with Crippen LogP contribution in [0.1, 0.15) is 34.5 Å². The van der Waals surface area contributed by atoms with E-state index in [1.165, 1.54) is 0 Å². The molecule has 0 atom stereocenters. The van der Waals surface area contributed by atoms with E-state index in [1.54, 1.807) is 6.07 Å². The maximum absolute atomic E-state index is 12.4. The Bertz CT molecular complexity index is 801. The molecule has 2 aliphatic heterocycles. The fourth-order valence-electron chi connectivity index (χ4n) is 3.72. The number of hydrogen-bond acceptors (Lipinski definition) is 6. The molecule has 142 valence electrons. The number of ether oxygens (including phenoxy) is 2. The Morgan fingerprint density at radius 3 is 2.30 bits per heavy atom. The van der Waals surface area contributed by atoms with Gasteiger partial charge in [0.05, 0.1) is 13.2 Å². The summed E-state index contributed by atoms with van der Waals surface area (Å²) in [6.45, 7) is 6.93. The first-order chi connectivity index (χ1) is 13.0. The van der Waals surface area contributed by atoms with Crippen LogP contribution in [0.15, 0.2) is 30.3 Å². The van der Waals surface area contributed by atoms with Crippen molar-refractivity contribution in [2.45, 2.75) is 32.5 Å². The van der Waals surface area contributed by atoms with E-state index in [2.05, 4.69) is 26.5 Å². The number of nitrogens with one attached hydrogen (secondary N) is 1. The third kappa shape index (κ3) is 3.94. The number of nitrogens with zero attached hydrogens (tertiary/aromatic N) is 3. The molecule has 0 unspecified atom stereocenters. The minimum Gasteiger partial charge on any atom is -0.355 e. The smallest absolute Gasteiger partial charge is 0.276 e. The standard InChI is InChI=1S/C20H24N4O3/c1-14-11-15(2)13-16(12-14)21-19(25)17-3-4-18(23-22-17)24-7-5-20(6-8-24)26-9-10-27-20/h3-4,11-13H,5-10H2,1-2H3,(H,21,25). The normalized spacial score (nSPS) is 18.7. The van der Waals surface area contributed by atoms with Crippen LogP contribution in [0.25, 0.3) is 0 Å². The number of aryl methyl sites for hydroxylation is 2. The summed E-state index contributed by atoms with van der Waals surface area (Å²) in [4.78, 5) is 14.6. The van der Waals surface area contributed by atoms with Gasteiger partial charge in [0, 0.05) is 31.6 Å². The summed E-state index contributed by atoms with van der Waals surface area (Å²) in [5.41, 5.74) is 3.27. The number of amides is 1. The molecule has 0 saturated carbocycles. The highest BCUT2D eigenvalue weighted by atomic mass is 16.7. The lowest BCUT2D eigenvalue weighted by Gasteiger charge is -2.37. The summed E-state index contributed by atoms with van der Waals surface area (Å²) >= 11 is 0. The van der Waals surface area contributed by atoms with Gasteiger partial charge in [0.1, 0.15) is 0 Å². The number of anilines is 2. The molecule has 0 aliphatic carbocycles. The molecule has 3 heterocycles. The van der Waals surface area contributed by atoms with Gasteiger partial charge in [-0.1, -0.05) is 6.07 Å². The molecule has 1 N–H and O–H groups in total. The van der Waals surface area contributed by atoms with Crippen molar-refractivity contribution in [3.05, 3.63) is 47.2 Å². The van der Waals surface area contributed by atoms with E-state index in [1.807, 2.05) is 32.0 Å². The second kappa shape index (κ2) is 7.25. The highest BCUT2D eigenvalue weighted by molar-refractivity contribution is 6.02. The molecule has 1 spiro atoms. The molecule has 0 radical (unpaired) electrons. The van der Waals surface area contributed by atoms with Gasteiger partial charge in [0.25, 0.3) is 5.91 Å². The van der Waals surface area contributed by atoms with Crippen molar-refractivity contribution in [3.8, 4) is 0 Å². The zero-order valence-electron chi connectivity index (χ0n) is 15.7. The number of carbonyl (C=O) groups excluding carboxylic acids is 1. The lowest BCUT2D eigenvalue weighted by molar-refractivity contribution is -0.169.